The van der Waals surface area contributed by atoms with Crippen molar-refractivity contribution in [3.05, 3.63) is 62.7 Å². The molecule has 7 heteroatoms. The van der Waals surface area contributed by atoms with Crippen LogP contribution in [0.2, 0.25) is 5.02 Å². The van der Waals surface area contributed by atoms with Crippen molar-refractivity contribution in [3.8, 4) is 5.75 Å². The molecule has 0 radical (unpaired) electrons. The molecular weight excluding hydrogens is 308 g/mol. The molecule has 0 bridgehead atoms. The number of hydrogen-bond donors (Lipinski definition) is 1. The van der Waals surface area contributed by atoms with Gasteiger partial charge >= 0.3 is 0 Å². The highest BCUT2D eigenvalue weighted by Crippen LogP contribution is 2.36. The first-order valence-electron chi connectivity index (χ1n) is 6.55. The van der Waals surface area contributed by atoms with Gasteiger partial charge in [-0.3, -0.25) is 14.9 Å². The van der Waals surface area contributed by atoms with Crippen LogP contribution in [-0.4, -0.2) is 17.4 Å². The van der Waals surface area contributed by atoms with Crippen molar-refractivity contribution < 1.29 is 14.5 Å². The minimum Gasteiger partial charge on any atom is -0.491 e. The predicted octanol–water partition coefficient (Wildman–Crippen LogP) is 3.44. The molecule has 0 atom stereocenters. The quantitative estimate of drug-likeness (QED) is 0.694. The summed E-state index contributed by atoms with van der Waals surface area (Å²) in [7, 11) is 0. The van der Waals surface area contributed by atoms with Crippen LogP contribution in [0.3, 0.4) is 0 Å². The fraction of sp³-hybridized carbons (Fsp3) is 0.133. The monoisotopic (exact) mass is 318 g/mol. The van der Waals surface area contributed by atoms with E-state index in [0.29, 0.717) is 28.6 Å². The number of hydrogen-bond acceptors (Lipinski definition) is 4. The summed E-state index contributed by atoms with van der Waals surface area (Å²) in [6, 6.07) is 8.81. The molecule has 0 fully saturated rings. The summed E-state index contributed by atoms with van der Waals surface area (Å²) in [5.41, 5.74) is 1.70. The molecule has 0 saturated carbocycles. The molecule has 1 aliphatic heterocycles. The zero-order chi connectivity index (χ0) is 15.7. The van der Waals surface area contributed by atoms with Gasteiger partial charge in [-0.2, -0.15) is 0 Å². The molecule has 3 rings (SSSR count). The Kier molecular flexibility index (Phi) is 3.68. The number of fused-ring (bicyclic) bond motifs is 1. The fourth-order valence-electron chi connectivity index (χ4n) is 2.29. The molecule has 1 amide bonds. The van der Waals surface area contributed by atoms with Crippen molar-refractivity contribution in [2.45, 2.75) is 6.42 Å². The molecule has 0 aromatic heterocycles. The van der Waals surface area contributed by atoms with E-state index in [1.807, 2.05) is 6.07 Å². The lowest BCUT2D eigenvalue weighted by Crippen LogP contribution is -2.12. The number of carbonyl (C=O) groups excluding carboxylic acids is 1. The third-order valence-corrected chi connectivity index (χ3v) is 3.56. The van der Waals surface area contributed by atoms with Crippen LogP contribution in [0.25, 0.3) is 0 Å². The summed E-state index contributed by atoms with van der Waals surface area (Å²) < 4.78 is 5.51. The lowest BCUT2D eigenvalue weighted by molar-refractivity contribution is -0.384. The second kappa shape index (κ2) is 5.65. The van der Waals surface area contributed by atoms with E-state index < -0.39 is 4.92 Å². The number of halogens is 1. The fourth-order valence-corrected chi connectivity index (χ4v) is 2.53. The number of nitrogens with one attached hydrogen (secondary N) is 1. The summed E-state index contributed by atoms with van der Waals surface area (Å²) in [5.74, 6) is 0.245. The molecule has 1 N–H and O–H groups in total. The Bertz CT molecular complexity index is 759. The molecular formula is C15H11ClN2O4. The Morgan fingerprint density at radius 1 is 1.27 bits per heavy atom. The number of benzene rings is 2. The van der Waals surface area contributed by atoms with Gasteiger partial charge < -0.3 is 10.1 Å². The van der Waals surface area contributed by atoms with Crippen LogP contribution < -0.4 is 10.1 Å². The first kappa shape index (κ1) is 14.3. The van der Waals surface area contributed by atoms with Gasteiger partial charge in [0.25, 0.3) is 11.6 Å². The number of ether oxygens (including phenoxy) is 1. The second-order valence-corrected chi connectivity index (χ2v) is 5.23. The van der Waals surface area contributed by atoms with Gasteiger partial charge in [0.05, 0.1) is 17.2 Å². The summed E-state index contributed by atoms with van der Waals surface area (Å²) in [6.45, 7) is 0.552. The van der Waals surface area contributed by atoms with Crippen molar-refractivity contribution in [2.75, 3.05) is 11.9 Å². The van der Waals surface area contributed by atoms with Crippen molar-refractivity contribution in [2.24, 2.45) is 0 Å². The third kappa shape index (κ3) is 2.73. The van der Waals surface area contributed by atoms with E-state index in [1.54, 1.807) is 6.07 Å². The summed E-state index contributed by atoms with van der Waals surface area (Å²) in [5, 5.41) is 13.9. The number of anilines is 1. The highest BCUT2D eigenvalue weighted by Gasteiger charge is 2.19. The Morgan fingerprint density at radius 3 is 2.68 bits per heavy atom. The maximum absolute atomic E-state index is 12.2. The molecule has 6 nitrogen and oxygen atoms in total. The van der Waals surface area contributed by atoms with Crippen LogP contribution in [0.4, 0.5) is 11.4 Å². The minimum absolute atomic E-state index is 0.0662. The van der Waals surface area contributed by atoms with Gasteiger partial charge in [-0.25, -0.2) is 0 Å². The lowest BCUT2D eigenvalue weighted by atomic mass is 10.1. The highest BCUT2D eigenvalue weighted by molar-refractivity contribution is 6.31. The van der Waals surface area contributed by atoms with E-state index in [9.17, 15) is 14.9 Å². The van der Waals surface area contributed by atoms with E-state index in [0.717, 1.165) is 12.0 Å². The van der Waals surface area contributed by atoms with Gasteiger partial charge in [-0.1, -0.05) is 11.6 Å². The Labute approximate surface area is 130 Å². The van der Waals surface area contributed by atoms with Crippen LogP contribution in [-0.2, 0) is 6.42 Å². The zero-order valence-corrected chi connectivity index (χ0v) is 12.1. The van der Waals surface area contributed by atoms with Gasteiger partial charge in [0.1, 0.15) is 5.75 Å². The van der Waals surface area contributed by atoms with Crippen LogP contribution in [0.5, 0.6) is 5.75 Å². The molecule has 22 heavy (non-hydrogen) atoms. The average Bonchev–Trinajstić information content (AvgIpc) is 2.95. The van der Waals surface area contributed by atoms with Crippen LogP contribution in [0.1, 0.15) is 15.9 Å². The number of non-ortho nitro benzene ring substituents is 1. The predicted molar refractivity (Wildman–Crippen MR) is 81.7 cm³/mol. The first-order chi connectivity index (χ1) is 10.5. The van der Waals surface area contributed by atoms with Gasteiger partial charge in [0, 0.05) is 34.7 Å². The summed E-state index contributed by atoms with van der Waals surface area (Å²) in [4.78, 5) is 22.3. The minimum atomic E-state index is -0.515. The Morgan fingerprint density at radius 2 is 2.00 bits per heavy atom. The number of rotatable bonds is 3. The van der Waals surface area contributed by atoms with Crippen molar-refractivity contribution in [1.29, 1.82) is 0 Å². The first-order valence-corrected chi connectivity index (χ1v) is 6.93. The van der Waals surface area contributed by atoms with Crippen molar-refractivity contribution >= 4 is 28.9 Å². The molecule has 0 saturated heterocycles. The van der Waals surface area contributed by atoms with Crippen molar-refractivity contribution in [3.63, 3.8) is 0 Å². The zero-order valence-electron chi connectivity index (χ0n) is 11.3. The number of nitro groups is 1. The number of nitrogens with zero attached hydrogens (tertiary/aromatic N) is 1. The smallest absolute Gasteiger partial charge is 0.269 e. The van der Waals surface area contributed by atoms with Gasteiger partial charge in [-0.15, -0.1) is 0 Å². The van der Waals surface area contributed by atoms with Gasteiger partial charge in [-0.05, 0) is 24.3 Å². The number of nitro benzene ring substituents is 1. The molecule has 2 aromatic carbocycles. The van der Waals surface area contributed by atoms with Crippen molar-refractivity contribution in [1.82, 2.24) is 0 Å². The van der Waals surface area contributed by atoms with E-state index in [-0.39, 0.29) is 11.6 Å². The lowest BCUT2D eigenvalue weighted by Gasteiger charge is -2.10. The van der Waals surface area contributed by atoms with Crippen LogP contribution in [0.15, 0.2) is 36.4 Å². The molecule has 0 aliphatic carbocycles. The second-order valence-electron chi connectivity index (χ2n) is 4.80. The van der Waals surface area contributed by atoms with Gasteiger partial charge in [0.2, 0.25) is 0 Å². The highest BCUT2D eigenvalue weighted by atomic mass is 35.5. The van der Waals surface area contributed by atoms with Crippen LogP contribution in [0, 0.1) is 10.1 Å². The largest absolute Gasteiger partial charge is 0.491 e. The van der Waals surface area contributed by atoms with Crippen LogP contribution >= 0.6 is 11.6 Å². The number of carbonyl (C=O) groups is 1. The average molecular weight is 319 g/mol. The third-order valence-electron chi connectivity index (χ3n) is 3.34. The maximum Gasteiger partial charge on any atom is 0.269 e. The maximum atomic E-state index is 12.2. The van der Waals surface area contributed by atoms with E-state index in [4.69, 9.17) is 16.3 Å². The topological polar surface area (TPSA) is 81.5 Å². The molecule has 1 heterocycles. The van der Waals surface area contributed by atoms with E-state index in [2.05, 4.69) is 5.32 Å². The molecule has 0 spiro atoms. The van der Waals surface area contributed by atoms with Gasteiger partial charge in [0.15, 0.2) is 0 Å². The Hall–Kier alpha value is -2.60. The Balaban J connectivity index is 1.84. The standard InChI is InChI=1S/C15H11ClN2O4/c16-11-7-10-5-6-22-14(10)13(8-11)17-15(19)9-1-3-12(4-2-9)18(20)21/h1-4,7-8H,5-6H2,(H,17,19). The SMILES string of the molecule is O=C(Nc1cc(Cl)cc2c1OCC2)c1ccc([N+](=O)[O-])cc1. The molecule has 112 valence electrons. The molecule has 0 unspecified atom stereocenters. The summed E-state index contributed by atoms with van der Waals surface area (Å²) in [6.07, 6.45) is 0.746. The van der Waals surface area contributed by atoms with E-state index in [1.165, 1.54) is 24.3 Å². The normalized spacial score (nSPS) is 12.4. The van der Waals surface area contributed by atoms with E-state index >= 15 is 0 Å². The summed E-state index contributed by atoms with van der Waals surface area (Å²) >= 11 is 6.03. The number of amides is 1. The molecule has 1 aliphatic rings. The molecule has 2 aromatic rings.